The zero-order chi connectivity index (χ0) is 30.3. The van der Waals surface area contributed by atoms with Gasteiger partial charge < -0.3 is 50.6 Å². The van der Waals surface area contributed by atoms with Crippen molar-refractivity contribution in [1.29, 1.82) is 0 Å². The molecule has 1 aromatic rings. The third-order valence-electron chi connectivity index (χ3n) is 9.30. The van der Waals surface area contributed by atoms with E-state index in [0.717, 1.165) is 7.11 Å². The van der Waals surface area contributed by atoms with Gasteiger partial charge >= 0.3 is 0 Å². The maximum atomic E-state index is 14.2. The summed E-state index contributed by atoms with van der Waals surface area (Å²) >= 11 is 0. The van der Waals surface area contributed by atoms with Gasteiger partial charge in [0.2, 0.25) is 5.78 Å². The molecule has 0 spiro atoms. The molecule has 13 nitrogen and oxygen atoms in total. The molecule has 9 atom stereocenters. The number of aliphatic hydroxyl groups excluding tert-OH is 5. The smallest absolute Gasteiger partial charge is 0.255 e. The highest BCUT2D eigenvalue weighted by Gasteiger charge is 2.65. The van der Waals surface area contributed by atoms with Crippen LogP contribution in [0, 0.1) is 5.92 Å². The van der Waals surface area contributed by atoms with Crippen LogP contribution in [-0.4, -0.2) is 98.5 Å². The van der Waals surface area contributed by atoms with Crippen molar-refractivity contribution in [1.82, 2.24) is 0 Å². The molecular formula is C28H33NO12. The van der Waals surface area contributed by atoms with Crippen LogP contribution in [-0.2, 0) is 29.4 Å². The van der Waals surface area contributed by atoms with Crippen LogP contribution < -0.4 is 5.73 Å². The first-order valence-electron chi connectivity index (χ1n) is 13.1. The Kier molecular flexibility index (Phi) is 6.94. The third kappa shape index (κ3) is 3.70. The molecule has 8 N–H and O–H groups in total. The van der Waals surface area contributed by atoms with E-state index in [2.05, 4.69) is 0 Å². The van der Waals surface area contributed by atoms with Crippen molar-refractivity contribution >= 4 is 17.5 Å². The number of benzene rings is 1. The van der Waals surface area contributed by atoms with Crippen molar-refractivity contribution in [3.63, 3.8) is 0 Å². The highest BCUT2D eigenvalue weighted by molar-refractivity contribution is 6.22. The number of carbonyl (C=O) groups excluding carboxylic acids is 3. The fraction of sp³-hybridized carbons (Fsp3) is 0.536. The average Bonchev–Trinajstić information content (AvgIpc) is 2.92. The lowest BCUT2D eigenvalue weighted by Crippen LogP contribution is -2.65. The van der Waals surface area contributed by atoms with Crippen LogP contribution in [0.2, 0.25) is 0 Å². The second-order valence-corrected chi connectivity index (χ2v) is 11.1. The monoisotopic (exact) mass is 575 g/mol. The summed E-state index contributed by atoms with van der Waals surface area (Å²) in [5, 5.41) is 65.7. The molecule has 1 aromatic carbocycles. The van der Waals surface area contributed by atoms with Gasteiger partial charge in [-0.1, -0.05) is 12.1 Å². The Bertz CT molecular complexity index is 1400. The first-order valence-corrected chi connectivity index (χ1v) is 13.1. The number of carbonyl (C=O) groups is 3. The molecule has 0 saturated carbocycles. The molecule has 9 unspecified atom stereocenters. The molecule has 222 valence electrons. The number of hydrogen-bond donors (Lipinski definition) is 7. The fourth-order valence-corrected chi connectivity index (χ4v) is 6.96. The maximum Gasteiger partial charge on any atom is 0.255 e. The van der Waals surface area contributed by atoms with E-state index in [9.17, 15) is 45.0 Å². The standard InChI is InChI=1S/C28H33NO12/c1-9-19(31)14(30)8-15(41-9)10-5-6-11-16(20(10)32)22(34)17-12(27(11,2)39-3)7-13-21(33)23(35)18(26(29)38)25(37)28(13,40-4)24(17)36/h5-6,9,13-15,19,21,24,30-33,36-37H,7-8H2,1-4H3,(H2,29,38). The first kappa shape index (κ1) is 29.3. The molecule has 13 heteroatoms. The Morgan fingerprint density at radius 1 is 1.10 bits per heavy atom. The zero-order valence-electron chi connectivity index (χ0n) is 22.8. The zero-order valence-corrected chi connectivity index (χ0v) is 22.8. The number of fused-ring (bicyclic) bond motifs is 2. The average molecular weight is 576 g/mol. The number of ether oxygens (including phenoxy) is 3. The molecule has 3 aliphatic carbocycles. The van der Waals surface area contributed by atoms with Crippen LogP contribution >= 0.6 is 0 Å². The van der Waals surface area contributed by atoms with Crippen molar-refractivity contribution in [2.45, 2.75) is 74.5 Å². The quantitative estimate of drug-likeness (QED) is 0.222. The third-order valence-corrected chi connectivity index (χ3v) is 9.30. The van der Waals surface area contributed by atoms with Gasteiger partial charge in [0.05, 0.1) is 23.9 Å². The number of aromatic hydroxyl groups is 1. The Hall–Kier alpha value is -3.17. The summed E-state index contributed by atoms with van der Waals surface area (Å²) in [5.74, 6) is -6.22. The second kappa shape index (κ2) is 9.70. The number of nitrogens with two attached hydrogens (primary N) is 1. The van der Waals surface area contributed by atoms with Crippen LogP contribution in [0.5, 0.6) is 5.75 Å². The predicted octanol–water partition coefficient (Wildman–Crippen LogP) is -0.675. The number of hydrogen-bond acceptors (Lipinski definition) is 12. The van der Waals surface area contributed by atoms with Crippen molar-refractivity contribution in [3.05, 3.63) is 51.3 Å². The van der Waals surface area contributed by atoms with Crippen molar-refractivity contribution in [2.24, 2.45) is 11.7 Å². The van der Waals surface area contributed by atoms with Crippen molar-refractivity contribution in [3.8, 4) is 5.75 Å². The number of Topliss-reactive ketones (excluding diaryl/α,β-unsaturated/α-hetero) is 2. The molecule has 5 rings (SSSR count). The predicted molar refractivity (Wildman–Crippen MR) is 137 cm³/mol. The first-order chi connectivity index (χ1) is 19.2. The van der Waals surface area contributed by atoms with E-state index in [0.29, 0.717) is 0 Å². The molecular weight excluding hydrogens is 542 g/mol. The molecule has 1 amide bonds. The molecule has 0 radical (unpaired) electrons. The van der Waals surface area contributed by atoms with Crippen LogP contribution in [0.25, 0.3) is 0 Å². The number of phenols is 1. The van der Waals surface area contributed by atoms with Gasteiger partial charge in [0.1, 0.15) is 41.0 Å². The SMILES string of the molecule is COC1(C)C2=C(C(=O)c3c1ccc(C1CC(O)C(O)C(C)O1)c3O)C(O)C1(OC)C(O)=C(C(N)=O)C(=O)C(O)C1C2. The summed E-state index contributed by atoms with van der Waals surface area (Å²) in [6.45, 7) is 3.14. The number of primary amides is 1. The summed E-state index contributed by atoms with van der Waals surface area (Å²) in [6.07, 6.45) is -8.29. The summed E-state index contributed by atoms with van der Waals surface area (Å²) in [4.78, 5) is 39.1. The van der Waals surface area contributed by atoms with Gasteiger partial charge in [-0.3, -0.25) is 14.4 Å². The van der Waals surface area contributed by atoms with Crippen molar-refractivity contribution in [2.75, 3.05) is 14.2 Å². The highest BCUT2D eigenvalue weighted by atomic mass is 16.5. The van der Waals surface area contributed by atoms with E-state index in [1.807, 2.05) is 0 Å². The number of rotatable bonds is 4. The van der Waals surface area contributed by atoms with E-state index in [1.54, 1.807) is 13.8 Å². The van der Waals surface area contributed by atoms with Gasteiger partial charge in [0.15, 0.2) is 11.4 Å². The Balaban J connectivity index is 1.71. The lowest BCUT2D eigenvalue weighted by atomic mass is 9.57. The summed E-state index contributed by atoms with van der Waals surface area (Å²) in [7, 11) is 2.42. The fourth-order valence-electron chi connectivity index (χ4n) is 6.96. The molecule has 1 fully saturated rings. The van der Waals surface area contributed by atoms with E-state index in [-0.39, 0.29) is 40.7 Å². The van der Waals surface area contributed by atoms with Gasteiger partial charge in [-0.2, -0.15) is 0 Å². The Labute approximate surface area is 234 Å². The second-order valence-electron chi connectivity index (χ2n) is 11.1. The largest absolute Gasteiger partial charge is 0.508 e. The van der Waals surface area contributed by atoms with Crippen LogP contribution in [0.15, 0.2) is 34.6 Å². The minimum Gasteiger partial charge on any atom is -0.508 e. The summed E-state index contributed by atoms with van der Waals surface area (Å²) in [6, 6.07) is 3.05. The molecule has 1 aliphatic heterocycles. The summed E-state index contributed by atoms with van der Waals surface area (Å²) in [5.41, 5.74) is 0.566. The van der Waals surface area contributed by atoms with Gasteiger partial charge in [-0.25, -0.2) is 0 Å². The lowest BCUT2D eigenvalue weighted by molar-refractivity contribution is -0.171. The van der Waals surface area contributed by atoms with Gasteiger partial charge in [-0.15, -0.1) is 0 Å². The van der Waals surface area contributed by atoms with Crippen molar-refractivity contribution < 1.29 is 59.2 Å². The minimum absolute atomic E-state index is 0.0703. The van der Waals surface area contributed by atoms with Gasteiger partial charge in [0, 0.05) is 43.3 Å². The van der Waals surface area contributed by atoms with Gasteiger partial charge in [-0.05, 0) is 25.8 Å². The normalized spacial score (nSPS) is 38.9. The minimum atomic E-state index is -2.31. The topological polar surface area (TPSA) is 226 Å². The van der Waals surface area contributed by atoms with Crippen LogP contribution in [0.3, 0.4) is 0 Å². The maximum absolute atomic E-state index is 14.2. The molecule has 4 aliphatic rings. The van der Waals surface area contributed by atoms with Crippen LogP contribution in [0.1, 0.15) is 54.3 Å². The molecule has 1 saturated heterocycles. The van der Waals surface area contributed by atoms with E-state index < -0.39 is 88.3 Å². The lowest BCUT2D eigenvalue weighted by Gasteiger charge is -2.53. The number of phenolic OH excluding ortho intramolecular Hbond substituents is 1. The molecule has 0 aromatic heterocycles. The van der Waals surface area contributed by atoms with E-state index in [1.165, 1.54) is 19.2 Å². The molecule has 41 heavy (non-hydrogen) atoms. The van der Waals surface area contributed by atoms with Crippen LogP contribution in [0.4, 0.5) is 0 Å². The Morgan fingerprint density at radius 2 is 1.76 bits per heavy atom. The summed E-state index contributed by atoms with van der Waals surface area (Å²) < 4.78 is 17.2. The number of ketones is 2. The van der Waals surface area contributed by atoms with E-state index in [4.69, 9.17) is 19.9 Å². The number of amides is 1. The highest BCUT2D eigenvalue weighted by Crippen LogP contribution is 2.57. The van der Waals surface area contributed by atoms with E-state index >= 15 is 0 Å². The van der Waals surface area contributed by atoms with Gasteiger partial charge in [0.25, 0.3) is 5.91 Å². The number of aliphatic hydroxyl groups is 5. The Morgan fingerprint density at radius 3 is 2.32 bits per heavy atom. The number of methoxy groups -OCH3 is 2. The molecule has 0 bridgehead atoms. The molecule has 1 heterocycles.